The molecule has 0 bridgehead atoms. The summed E-state index contributed by atoms with van der Waals surface area (Å²) in [5.41, 5.74) is 2.47. The summed E-state index contributed by atoms with van der Waals surface area (Å²) in [6.07, 6.45) is -2.02. The molecule has 1 aliphatic rings. The number of rotatable bonds is 5. The zero-order chi connectivity index (χ0) is 26.3. The first-order chi connectivity index (χ1) is 16.8. The number of aromatic nitrogens is 2. The topological polar surface area (TPSA) is 59.0 Å². The Bertz CT molecular complexity index is 1200. The molecule has 0 spiro atoms. The molecule has 2 N–H and O–H groups in total. The van der Waals surface area contributed by atoms with E-state index in [1.165, 1.54) is 17.7 Å². The van der Waals surface area contributed by atoms with Gasteiger partial charge in [-0.2, -0.15) is 18.3 Å². The Balaban J connectivity index is 0.00000380. The van der Waals surface area contributed by atoms with Crippen LogP contribution in [0, 0.1) is 0 Å². The SMILES string of the molecule is CC(C)c1ccc(NC(=O)[C@@H]2CC(c3ccn(C(C)(C)C)n3)[C@H](c3ccc(C(F)(F)F)cc3)N2)cc1.Cl. The van der Waals surface area contributed by atoms with Gasteiger partial charge in [-0.1, -0.05) is 38.1 Å². The van der Waals surface area contributed by atoms with Gasteiger partial charge in [-0.05, 0) is 74.6 Å². The quantitative estimate of drug-likeness (QED) is 0.369. The predicted octanol–water partition coefficient (Wildman–Crippen LogP) is 7.03. The molecule has 0 saturated carbocycles. The van der Waals surface area contributed by atoms with Crippen molar-refractivity contribution in [2.24, 2.45) is 0 Å². The van der Waals surface area contributed by atoms with E-state index in [0.717, 1.165) is 17.8 Å². The first kappa shape index (κ1) is 28.7. The van der Waals surface area contributed by atoms with Gasteiger partial charge in [0.2, 0.25) is 5.91 Å². The predicted molar refractivity (Wildman–Crippen MR) is 142 cm³/mol. The molecule has 1 saturated heterocycles. The number of benzene rings is 2. The van der Waals surface area contributed by atoms with E-state index in [0.29, 0.717) is 23.6 Å². The monoisotopic (exact) mass is 534 g/mol. The van der Waals surface area contributed by atoms with Crippen LogP contribution in [-0.4, -0.2) is 21.7 Å². The number of carbonyl (C=O) groups excluding carboxylic acids is 1. The molecule has 5 nitrogen and oxygen atoms in total. The highest BCUT2D eigenvalue weighted by atomic mass is 35.5. The molecule has 3 atom stereocenters. The summed E-state index contributed by atoms with van der Waals surface area (Å²) in [6.45, 7) is 10.4. The van der Waals surface area contributed by atoms with E-state index in [2.05, 4.69) is 24.5 Å². The molecule has 1 fully saturated rings. The van der Waals surface area contributed by atoms with Gasteiger partial charge in [0.1, 0.15) is 0 Å². The molecule has 37 heavy (non-hydrogen) atoms. The number of alkyl halides is 3. The Labute approximate surface area is 222 Å². The van der Waals surface area contributed by atoms with Crippen LogP contribution in [0.4, 0.5) is 18.9 Å². The van der Waals surface area contributed by atoms with Crippen molar-refractivity contribution < 1.29 is 18.0 Å². The molecular formula is C28H34ClF3N4O. The second kappa shape index (κ2) is 10.9. The van der Waals surface area contributed by atoms with Crippen LogP contribution in [0.2, 0.25) is 0 Å². The van der Waals surface area contributed by atoms with Gasteiger partial charge in [0, 0.05) is 23.8 Å². The van der Waals surface area contributed by atoms with Crippen LogP contribution in [0.5, 0.6) is 0 Å². The van der Waals surface area contributed by atoms with Gasteiger partial charge < -0.3 is 5.32 Å². The van der Waals surface area contributed by atoms with Gasteiger partial charge >= 0.3 is 6.18 Å². The molecule has 9 heteroatoms. The molecule has 0 aliphatic carbocycles. The minimum atomic E-state index is -4.40. The highest BCUT2D eigenvalue weighted by molar-refractivity contribution is 5.95. The standard InChI is InChI=1S/C28H33F3N4O.ClH/c1-17(2)18-8-12-21(13-9-18)32-26(36)24-16-22(23-14-15-35(34-23)27(3,4)5)25(33-24)19-6-10-20(11-7-19)28(29,30)31;/h6-15,17,22,24-25,33H,16H2,1-5H3,(H,32,36);1H/t22?,24-,25-;/m0./s1. The molecule has 2 heterocycles. The third-order valence-electron chi connectivity index (χ3n) is 6.71. The Morgan fingerprint density at radius 3 is 2.16 bits per heavy atom. The van der Waals surface area contributed by atoms with E-state index >= 15 is 0 Å². The highest BCUT2D eigenvalue weighted by Crippen LogP contribution is 2.41. The smallest absolute Gasteiger partial charge is 0.325 e. The van der Waals surface area contributed by atoms with Gasteiger partial charge in [0.05, 0.1) is 22.8 Å². The average Bonchev–Trinajstić information content (AvgIpc) is 3.46. The van der Waals surface area contributed by atoms with E-state index < -0.39 is 17.8 Å². The zero-order valence-electron chi connectivity index (χ0n) is 21.6. The molecule has 1 aliphatic heterocycles. The number of hydrogen-bond donors (Lipinski definition) is 2. The maximum absolute atomic E-state index is 13.2. The molecule has 4 rings (SSSR count). The van der Waals surface area contributed by atoms with Crippen molar-refractivity contribution in [2.75, 3.05) is 5.32 Å². The Morgan fingerprint density at radius 2 is 1.65 bits per heavy atom. The second-order valence-electron chi connectivity index (χ2n) is 10.8. The fraction of sp³-hybridized carbons (Fsp3) is 0.429. The highest BCUT2D eigenvalue weighted by Gasteiger charge is 2.41. The van der Waals surface area contributed by atoms with Gasteiger partial charge in [0.15, 0.2) is 0 Å². The fourth-order valence-corrected chi connectivity index (χ4v) is 4.56. The Hall–Kier alpha value is -2.84. The summed E-state index contributed by atoms with van der Waals surface area (Å²) >= 11 is 0. The van der Waals surface area contributed by atoms with Crippen molar-refractivity contribution >= 4 is 24.0 Å². The molecule has 0 radical (unpaired) electrons. The molecule has 1 aromatic heterocycles. The number of hydrogen-bond acceptors (Lipinski definition) is 3. The minimum absolute atomic E-state index is 0. The van der Waals surface area contributed by atoms with Crippen LogP contribution in [0.15, 0.2) is 60.8 Å². The Morgan fingerprint density at radius 1 is 1.03 bits per heavy atom. The largest absolute Gasteiger partial charge is 0.416 e. The van der Waals surface area contributed by atoms with Crippen LogP contribution in [-0.2, 0) is 16.5 Å². The van der Waals surface area contributed by atoms with Crippen molar-refractivity contribution in [2.45, 2.75) is 76.7 Å². The Kier molecular flexibility index (Phi) is 8.44. The number of anilines is 1. The zero-order valence-corrected chi connectivity index (χ0v) is 22.5. The van der Waals surface area contributed by atoms with E-state index in [1.807, 2.05) is 62.0 Å². The summed E-state index contributed by atoms with van der Waals surface area (Å²) in [6, 6.07) is 14.0. The van der Waals surface area contributed by atoms with Gasteiger partial charge in [-0.15, -0.1) is 12.4 Å². The van der Waals surface area contributed by atoms with Crippen LogP contribution in [0.25, 0.3) is 0 Å². The maximum Gasteiger partial charge on any atom is 0.416 e. The number of carbonyl (C=O) groups is 1. The minimum Gasteiger partial charge on any atom is -0.325 e. The molecule has 1 amide bonds. The van der Waals surface area contributed by atoms with Crippen LogP contribution >= 0.6 is 12.4 Å². The first-order valence-electron chi connectivity index (χ1n) is 12.2. The van der Waals surface area contributed by atoms with E-state index in [9.17, 15) is 18.0 Å². The molecular weight excluding hydrogens is 501 g/mol. The molecule has 200 valence electrons. The average molecular weight is 535 g/mol. The van der Waals surface area contributed by atoms with Crippen LogP contribution in [0.3, 0.4) is 0 Å². The number of nitrogens with zero attached hydrogens (tertiary/aromatic N) is 2. The van der Waals surface area contributed by atoms with E-state index in [1.54, 1.807) is 0 Å². The van der Waals surface area contributed by atoms with Crippen molar-refractivity contribution in [1.29, 1.82) is 0 Å². The van der Waals surface area contributed by atoms with Crippen LogP contribution in [0.1, 0.15) is 81.3 Å². The van der Waals surface area contributed by atoms with Crippen molar-refractivity contribution in [3.05, 3.63) is 83.2 Å². The molecule has 1 unspecified atom stereocenters. The van der Waals surface area contributed by atoms with E-state index in [4.69, 9.17) is 5.10 Å². The van der Waals surface area contributed by atoms with Crippen molar-refractivity contribution in [1.82, 2.24) is 15.1 Å². The summed E-state index contributed by atoms with van der Waals surface area (Å²) in [5.74, 6) is 0.0378. The normalized spacial score (nSPS) is 20.1. The number of halogens is 4. The first-order valence-corrected chi connectivity index (χ1v) is 12.2. The molecule has 2 aromatic carbocycles. The lowest BCUT2D eigenvalue weighted by atomic mass is 9.90. The fourth-order valence-electron chi connectivity index (χ4n) is 4.56. The van der Waals surface area contributed by atoms with Gasteiger partial charge in [0.25, 0.3) is 0 Å². The lowest BCUT2D eigenvalue weighted by Crippen LogP contribution is -2.36. The van der Waals surface area contributed by atoms with Gasteiger partial charge in [-0.25, -0.2) is 0 Å². The maximum atomic E-state index is 13.2. The second-order valence-corrected chi connectivity index (χ2v) is 10.8. The summed E-state index contributed by atoms with van der Waals surface area (Å²) < 4.78 is 41.2. The number of amides is 1. The van der Waals surface area contributed by atoms with E-state index in [-0.39, 0.29) is 35.8 Å². The van der Waals surface area contributed by atoms with Crippen LogP contribution < -0.4 is 10.6 Å². The lowest BCUT2D eigenvalue weighted by molar-refractivity contribution is -0.137. The van der Waals surface area contributed by atoms with Gasteiger partial charge in [-0.3, -0.25) is 14.8 Å². The van der Waals surface area contributed by atoms with Crippen molar-refractivity contribution in [3.63, 3.8) is 0 Å². The third kappa shape index (κ3) is 6.54. The summed E-state index contributed by atoms with van der Waals surface area (Å²) in [4.78, 5) is 13.2. The summed E-state index contributed by atoms with van der Waals surface area (Å²) in [5, 5.41) is 11.1. The van der Waals surface area contributed by atoms with Crippen molar-refractivity contribution in [3.8, 4) is 0 Å². The lowest BCUT2D eigenvalue weighted by Gasteiger charge is -2.21. The third-order valence-corrected chi connectivity index (χ3v) is 6.71. The molecule has 3 aromatic rings. The number of nitrogens with one attached hydrogen (secondary N) is 2. The summed E-state index contributed by atoms with van der Waals surface area (Å²) in [7, 11) is 0.